The number of benzene rings is 3. The Morgan fingerprint density at radius 1 is 0.893 bits per heavy atom. The van der Waals surface area contributed by atoms with Crippen LogP contribution in [0.3, 0.4) is 0 Å². The van der Waals surface area contributed by atoms with Crippen molar-refractivity contribution in [2.75, 3.05) is 0 Å². The molecular formula is C24H24N2O2. The van der Waals surface area contributed by atoms with E-state index in [0.717, 1.165) is 16.8 Å². The highest BCUT2D eigenvalue weighted by Crippen LogP contribution is 2.19. The third-order valence-corrected chi connectivity index (χ3v) is 4.26. The normalized spacial score (nSPS) is 11.3. The Morgan fingerprint density at radius 2 is 1.50 bits per heavy atom. The summed E-state index contributed by atoms with van der Waals surface area (Å²) in [5, 5.41) is 4.39. The zero-order valence-corrected chi connectivity index (χ0v) is 16.1. The maximum Gasteiger partial charge on any atom is 0.275 e. The van der Waals surface area contributed by atoms with Crippen LogP contribution in [0.1, 0.15) is 35.3 Å². The van der Waals surface area contributed by atoms with Crippen LogP contribution >= 0.6 is 0 Å². The first kappa shape index (κ1) is 19.4. The molecule has 28 heavy (non-hydrogen) atoms. The lowest BCUT2D eigenvalue weighted by Crippen LogP contribution is -2.22. The molecule has 0 aliphatic heterocycles. The van der Waals surface area contributed by atoms with Gasteiger partial charge in [-0.25, -0.2) is 5.43 Å². The molecule has 0 heterocycles. The molecule has 3 aromatic carbocycles. The first-order valence-electron chi connectivity index (χ1n) is 9.34. The van der Waals surface area contributed by atoms with E-state index in [2.05, 4.69) is 24.4 Å². The number of hydrogen-bond acceptors (Lipinski definition) is 3. The fourth-order valence-electron chi connectivity index (χ4n) is 2.82. The highest BCUT2D eigenvalue weighted by molar-refractivity contribution is 6.03. The molecular weight excluding hydrogens is 348 g/mol. The van der Waals surface area contributed by atoms with Gasteiger partial charge in [0.1, 0.15) is 12.4 Å². The Hall–Kier alpha value is -3.40. The second-order valence-electron chi connectivity index (χ2n) is 6.73. The Kier molecular flexibility index (Phi) is 6.58. The van der Waals surface area contributed by atoms with Crippen molar-refractivity contribution in [3.05, 3.63) is 102 Å². The largest absolute Gasteiger partial charge is 0.488 e. The van der Waals surface area contributed by atoms with Crippen LogP contribution in [0.2, 0.25) is 0 Å². The number of carbonyl (C=O) groups is 1. The SMILES string of the molecule is CC(C)C(=NNC(=O)c1ccccc1OCc1ccccc1)c1ccccc1. The molecule has 1 amide bonds. The van der Waals surface area contributed by atoms with E-state index >= 15 is 0 Å². The molecule has 0 atom stereocenters. The van der Waals surface area contributed by atoms with E-state index < -0.39 is 0 Å². The van der Waals surface area contributed by atoms with Crippen molar-refractivity contribution in [3.63, 3.8) is 0 Å². The van der Waals surface area contributed by atoms with Gasteiger partial charge < -0.3 is 4.74 Å². The molecule has 1 N–H and O–H groups in total. The van der Waals surface area contributed by atoms with Crippen LogP contribution in [0.15, 0.2) is 90.0 Å². The predicted molar refractivity (Wildman–Crippen MR) is 112 cm³/mol. The quantitative estimate of drug-likeness (QED) is 0.466. The third-order valence-electron chi connectivity index (χ3n) is 4.26. The third kappa shape index (κ3) is 5.07. The number of nitrogens with zero attached hydrogens (tertiary/aromatic N) is 1. The van der Waals surface area contributed by atoms with Gasteiger partial charge in [0.25, 0.3) is 5.91 Å². The summed E-state index contributed by atoms with van der Waals surface area (Å²) in [5.74, 6) is 0.412. The van der Waals surface area contributed by atoms with Crippen LogP contribution < -0.4 is 10.2 Å². The van der Waals surface area contributed by atoms with Crippen LogP contribution in [0.5, 0.6) is 5.75 Å². The molecule has 0 aromatic heterocycles. The van der Waals surface area contributed by atoms with Crippen LogP contribution in [0, 0.1) is 5.92 Å². The Morgan fingerprint density at radius 3 is 2.18 bits per heavy atom. The molecule has 0 bridgehead atoms. The molecule has 4 heteroatoms. The molecule has 0 fully saturated rings. The average molecular weight is 372 g/mol. The zero-order chi connectivity index (χ0) is 19.8. The predicted octanol–water partition coefficient (Wildman–Crippen LogP) is 5.06. The lowest BCUT2D eigenvalue weighted by atomic mass is 10.0. The van der Waals surface area contributed by atoms with Crippen molar-refractivity contribution in [1.82, 2.24) is 5.43 Å². The summed E-state index contributed by atoms with van der Waals surface area (Å²) in [6, 6.07) is 26.9. The lowest BCUT2D eigenvalue weighted by Gasteiger charge is -2.13. The van der Waals surface area contributed by atoms with Gasteiger partial charge in [0, 0.05) is 0 Å². The molecule has 3 rings (SSSR count). The van der Waals surface area contributed by atoms with Crippen molar-refractivity contribution in [1.29, 1.82) is 0 Å². The number of rotatable bonds is 7. The summed E-state index contributed by atoms with van der Waals surface area (Å²) in [6.07, 6.45) is 0. The highest BCUT2D eigenvalue weighted by atomic mass is 16.5. The molecule has 0 unspecified atom stereocenters. The van der Waals surface area contributed by atoms with Crippen LogP contribution in [0.4, 0.5) is 0 Å². The smallest absolute Gasteiger partial charge is 0.275 e. The maximum atomic E-state index is 12.7. The Bertz CT molecular complexity index is 935. The first-order chi connectivity index (χ1) is 13.6. The number of hydrogen-bond donors (Lipinski definition) is 1. The van der Waals surface area contributed by atoms with Crippen LogP contribution in [-0.4, -0.2) is 11.6 Å². The van der Waals surface area contributed by atoms with Crippen molar-refractivity contribution in [2.24, 2.45) is 11.0 Å². The van der Waals surface area contributed by atoms with Crippen molar-refractivity contribution in [3.8, 4) is 5.75 Å². The maximum absolute atomic E-state index is 12.7. The van der Waals surface area contributed by atoms with E-state index in [1.54, 1.807) is 12.1 Å². The minimum atomic E-state index is -0.294. The first-order valence-corrected chi connectivity index (χ1v) is 9.34. The number of nitrogens with one attached hydrogen (secondary N) is 1. The van der Waals surface area contributed by atoms with Crippen molar-refractivity contribution < 1.29 is 9.53 Å². The summed E-state index contributed by atoms with van der Waals surface area (Å²) in [4.78, 5) is 12.7. The van der Waals surface area contributed by atoms with Gasteiger partial charge in [-0.05, 0) is 29.2 Å². The molecule has 0 saturated heterocycles. The van der Waals surface area contributed by atoms with Gasteiger partial charge in [-0.2, -0.15) is 5.10 Å². The molecule has 0 aliphatic rings. The molecule has 0 aliphatic carbocycles. The number of hydrazone groups is 1. The number of amides is 1. The van der Waals surface area contributed by atoms with E-state index in [0.29, 0.717) is 17.9 Å². The number of ether oxygens (including phenoxy) is 1. The van der Waals surface area contributed by atoms with Gasteiger partial charge in [-0.3, -0.25) is 4.79 Å². The molecule has 0 radical (unpaired) electrons. The van der Waals surface area contributed by atoms with Crippen LogP contribution in [-0.2, 0) is 6.61 Å². The van der Waals surface area contributed by atoms with Crippen molar-refractivity contribution in [2.45, 2.75) is 20.5 Å². The monoisotopic (exact) mass is 372 g/mol. The van der Waals surface area contributed by atoms with E-state index in [-0.39, 0.29) is 11.8 Å². The van der Waals surface area contributed by atoms with E-state index in [1.807, 2.05) is 72.8 Å². The molecule has 142 valence electrons. The second kappa shape index (κ2) is 9.51. The van der Waals surface area contributed by atoms with Gasteiger partial charge in [-0.1, -0.05) is 86.6 Å². The zero-order valence-electron chi connectivity index (χ0n) is 16.1. The summed E-state index contributed by atoms with van der Waals surface area (Å²) in [6.45, 7) is 4.50. The molecule has 0 spiro atoms. The van der Waals surface area contributed by atoms with Gasteiger partial charge in [-0.15, -0.1) is 0 Å². The average Bonchev–Trinajstić information content (AvgIpc) is 2.74. The van der Waals surface area contributed by atoms with Gasteiger partial charge in [0.2, 0.25) is 0 Å². The Labute approximate surface area is 165 Å². The van der Waals surface area contributed by atoms with Gasteiger partial charge in [0.05, 0.1) is 11.3 Å². The minimum absolute atomic E-state index is 0.173. The van der Waals surface area contributed by atoms with E-state index in [1.165, 1.54) is 0 Å². The second-order valence-corrected chi connectivity index (χ2v) is 6.73. The summed E-state index contributed by atoms with van der Waals surface area (Å²) in [7, 11) is 0. The van der Waals surface area contributed by atoms with Crippen LogP contribution in [0.25, 0.3) is 0 Å². The molecule has 3 aromatic rings. The fourth-order valence-corrected chi connectivity index (χ4v) is 2.82. The number of carbonyl (C=O) groups excluding carboxylic acids is 1. The minimum Gasteiger partial charge on any atom is -0.488 e. The van der Waals surface area contributed by atoms with E-state index in [4.69, 9.17) is 4.74 Å². The lowest BCUT2D eigenvalue weighted by molar-refractivity contribution is 0.0950. The summed E-state index contributed by atoms with van der Waals surface area (Å²) in [5.41, 5.74) is 6.01. The molecule has 4 nitrogen and oxygen atoms in total. The van der Waals surface area contributed by atoms with Gasteiger partial charge >= 0.3 is 0 Å². The van der Waals surface area contributed by atoms with Gasteiger partial charge in [0.15, 0.2) is 0 Å². The van der Waals surface area contributed by atoms with E-state index in [9.17, 15) is 4.79 Å². The standard InChI is InChI=1S/C24H24N2O2/c1-18(2)23(20-13-7-4-8-14-20)25-26-24(27)21-15-9-10-16-22(21)28-17-19-11-5-3-6-12-19/h3-16,18H,17H2,1-2H3,(H,26,27). The summed E-state index contributed by atoms with van der Waals surface area (Å²) >= 11 is 0. The topological polar surface area (TPSA) is 50.7 Å². The number of para-hydroxylation sites is 1. The Balaban J connectivity index is 1.75. The summed E-state index contributed by atoms with van der Waals surface area (Å²) < 4.78 is 5.87. The fraction of sp³-hybridized carbons (Fsp3) is 0.167. The molecule has 0 saturated carbocycles. The highest BCUT2D eigenvalue weighted by Gasteiger charge is 2.14. The van der Waals surface area contributed by atoms with Crippen molar-refractivity contribution >= 4 is 11.6 Å².